The van der Waals surface area contributed by atoms with E-state index in [9.17, 15) is 0 Å². The maximum Gasteiger partial charge on any atom is 0.00217 e. The van der Waals surface area contributed by atoms with Crippen molar-refractivity contribution in [2.45, 2.75) is 27.2 Å². The maximum atomic E-state index is 2.41. The van der Waals surface area contributed by atoms with Gasteiger partial charge < -0.3 is 4.90 Å². The van der Waals surface area contributed by atoms with Crippen molar-refractivity contribution in [2.24, 2.45) is 17.8 Å². The van der Waals surface area contributed by atoms with Crippen molar-refractivity contribution in [2.75, 3.05) is 20.1 Å². The fraction of sp³-hybridized carbons (Fsp3) is 1.00. The molecule has 0 aromatic carbocycles. The highest BCUT2D eigenvalue weighted by molar-refractivity contribution is 4.83. The molecule has 0 amide bonds. The normalized spacial score (nSPS) is 23.7. The monoisotopic (exact) mass is 155 g/mol. The first-order valence-electron chi connectivity index (χ1n) is 4.83. The van der Waals surface area contributed by atoms with Gasteiger partial charge in [-0.15, -0.1) is 0 Å². The van der Waals surface area contributed by atoms with Gasteiger partial charge in [-0.1, -0.05) is 27.2 Å². The lowest BCUT2D eigenvalue weighted by Crippen LogP contribution is -2.48. The molecular weight excluding hydrogens is 134 g/mol. The van der Waals surface area contributed by atoms with E-state index in [0.717, 1.165) is 17.8 Å². The van der Waals surface area contributed by atoms with E-state index in [1.807, 2.05) is 0 Å². The largest absolute Gasteiger partial charge is 0.306 e. The summed E-state index contributed by atoms with van der Waals surface area (Å²) < 4.78 is 0. The highest BCUT2D eigenvalue weighted by Gasteiger charge is 2.31. The van der Waals surface area contributed by atoms with E-state index in [2.05, 4.69) is 32.7 Å². The summed E-state index contributed by atoms with van der Waals surface area (Å²) in [5, 5.41) is 0. The lowest BCUT2D eigenvalue weighted by Gasteiger charge is -2.42. The van der Waals surface area contributed by atoms with Crippen molar-refractivity contribution in [1.29, 1.82) is 0 Å². The molecule has 0 spiro atoms. The van der Waals surface area contributed by atoms with Crippen LogP contribution in [0.4, 0.5) is 0 Å². The quantitative estimate of drug-likeness (QED) is 0.604. The minimum Gasteiger partial charge on any atom is -0.306 e. The molecule has 1 nitrogen and oxygen atoms in total. The molecule has 1 rings (SSSR count). The molecule has 0 saturated carbocycles. The zero-order valence-electron chi connectivity index (χ0n) is 8.30. The van der Waals surface area contributed by atoms with Crippen LogP contribution in [0.15, 0.2) is 0 Å². The Balaban J connectivity index is 2.32. The third-order valence-corrected chi connectivity index (χ3v) is 3.03. The first kappa shape index (κ1) is 9.05. The van der Waals surface area contributed by atoms with Crippen LogP contribution in [0.25, 0.3) is 0 Å². The van der Waals surface area contributed by atoms with Crippen molar-refractivity contribution in [3.8, 4) is 0 Å². The first-order chi connectivity index (χ1) is 5.15. The van der Waals surface area contributed by atoms with Gasteiger partial charge in [-0.3, -0.25) is 0 Å². The third-order valence-electron chi connectivity index (χ3n) is 3.03. The Labute approximate surface area is 70.8 Å². The highest BCUT2D eigenvalue weighted by Crippen LogP contribution is 2.30. The molecule has 0 bridgehead atoms. The zero-order valence-corrected chi connectivity index (χ0v) is 8.30. The van der Waals surface area contributed by atoms with Crippen LogP contribution >= 0.6 is 0 Å². The average Bonchev–Trinajstić information content (AvgIpc) is 1.85. The van der Waals surface area contributed by atoms with E-state index in [1.54, 1.807) is 0 Å². The Morgan fingerprint density at radius 3 is 2.18 bits per heavy atom. The van der Waals surface area contributed by atoms with Gasteiger partial charge in [0.2, 0.25) is 0 Å². The molecule has 1 heterocycles. The minimum absolute atomic E-state index is 0.874. The number of rotatable bonds is 3. The van der Waals surface area contributed by atoms with Gasteiger partial charge in [-0.25, -0.2) is 0 Å². The predicted molar refractivity (Wildman–Crippen MR) is 49.6 cm³/mol. The van der Waals surface area contributed by atoms with Crippen LogP contribution in [0.5, 0.6) is 0 Å². The third kappa shape index (κ3) is 1.96. The Hall–Kier alpha value is -0.0400. The minimum atomic E-state index is 0.874. The molecule has 0 aromatic heterocycles. The fourth-order valence-corrected chi connectivity index (χ4v) is 2.37. The number of nitrogens with zero attached hydrogens (tertiary/aromatic N) is 1. The molecule has 1 aliphatic rings. The smallest absolute Gasteiger partial charge is 0.00217 e. The van der Waals surface area contributed by atoms with E-state index >= 15 is 0 Å². The van der Waals surface area contributed by atoms with Gasteiger partial charge in [-0.05, 0) is 24.8 Å². The maximum absolute atomic E-state index is 2.41. The van der Waals surface area contributed by atoms with Crippen LogP contribution in [0.1, 0.15) is 27.2 Å². The SMILES string of the molecule is CCC(C(C)C)C1CN(C)C1. The zero-order chi connectivity index (χ0) is 8.43. The molecule has 66 valence electrons. The average molecular weight is 155 g/mol. The van der Waals surface area contributed by atoms with E-state index in [-0.39, 0.29) is 0 Å². The summed E-state index contributed by atoms with van der Waals surface area (Å²) in [4.78, 5) is 2.41. The summed E-state index contributed by atoms with van der Waals surface area (Å²) in [6.07, 6.45) is 1.36. The lowest BCUT2D eigenvalue weighted by molar-refractivity contribution is 0.0599. The van der Waals surface area contributed by atoms with Gasteiger partial charge in [-0.2, -0.15) is 0 Å². The molecule has 11 heavy (non-hydrogen) atoms. The Morgan fingerprint density at radius 1 is 1.36 bits per heavy atom. The summed E-state index contributed by atoms with van der Waals surface area (Å²) in [5.74, 6) is 2.83. The van der Waals surface area contributed by atoms with Gasteiger partial charge in [0.25, 0.3) is 0 Å². The number of hydrogen-bond acceptors (Lipinski definition) is 1. The molecule has 1 aliphatic heterocycles. The Bertz CT molecular complexity index is 114. The van der Waals surface area contributed by atoms with Gasteiger partial charge in [0, 0.05) is 13.1 Å². The lowest BCUT2D eigenvalue weighted by atomic mass is 9.77. The molecule has 1 heteroatoms. The van der Waals surface area contributed by atoms with Crippen LogP contribution in [0, 0.1) is 17.8 Å². The van der Waals surface area contributed by atoms with Gasteiger partial charge in [0.05, 0.1) is 0 Å². The predicted octanol–water partition coefficient (Wildman–Crippen LogP) is 2.23. The van der Waals surface area contributed by atoms with Crippen molar-refractivity contribution in [3.63, 3.8) is 0 Å². The van der Waals surface area contributed by atoms with Crippen molar-refractivity contribution < 1.29 is 0 Å². The molecule has 1 fully saturated rings. The highest BCUT2D eigenvalue weighted by atomic mass is 15.2. The summed E-state index contributed by atoms with van der Waals surface area (Å²) >= 11 is 0. The van der Waals surface area contributed by atoms with Gasteiger partial charge >= 0.3 is 0 Å². The van der Waals surface area contributed by atoms with Gasteiger partial charge in [0.1, 0.15) is 0 Å². The molecule has 0 aliphatic carbocycles. The topological polar surface area (TPSA) is 3.24 Å². The first-order valence-corrected chi connectivity index (χ1v) is 4.83. The second-order valence-corrected chi connectivity index (χ2v) is 4.30. The van der Waals surface area contributed by atoms with E-state index in [4.69, 9.17) is 0 Å². The molecule has 1 atom stereocenters. The molecule has 0 N–H and O–H groups in total. The Kier molecular flexibility index (Phi) is 2.94. The second kappa shape index (κ2) is 3.57. The Morgan fingerprint density at radius 2 is 1.91 bits per heavy atom. The van der Waals surface area contributed by atoms with E-state index in [1.165, 1.54) is 19.5 Å². The fourth-order valence-electron chi connectivity index (χ4n) is 2.37. The summed E-state index contributed by atoms with van der Waals surface area (Å²) in [6.45, 7) is 9.69. The molecular formula is C10H21N. The molecule has 0 aromatic rings. The van der Waals surface area contributed by atoms with E-state index in [0.29, 0.717) is 0 Å². The summed E-state index contributed by atoms with van der Waals surface area (Å²) in [7, 11) is 2.21. The van der Waals surface area contributed by atoms with Crippen molar-refractivity contribution in [1.82, 2.24) is 4.90 Å². The molecule has 1 unspecified atom stereocenters. The van der Waals surface area contributed by atoms with Crippen LogP contribution in [0.2, 0.25) is 0 Å². The van der Waals surface area contributed by atoms with Crippen LogP contribution in [0.3, 0.4) is 0 Å². The number of likely N-dealkylation sites (tertiary alicyclic amines) is 1. The van der Waals surface area contributed by atoms with E-state index < -0.39 is 0 Å². The van der Waals surface area contributed by atoms with Crippen LogP contribution in [-0.4, -0.2) is 25.0 Å². The van der Waals surface area contributed by atoms with Crippen molar-refractivity contribution >= 4 is 0 Å². The van der Waals surface area contributed by atoms with Crippen LogP contribution in [-0.2, 0) is 0 Å². The second-order valence-electron chi connectivity index (χ2n) is 4.30. The summed E-state index contributed by atoms with van der Waals surface area (Å²) in [6, 6.07) is 0. The molecule has 1 saturated heterocycles. The van der Waals surface area contributed by atoms with Crippen molar-refractivity contribution in [3.05, 3.63) is 0 Å². The van der Waals surface area contributed by atoms with Crippen LogP contribution < -0.4 is 0 Å². The standard InChI is InChI=1S/C10H21N/c1-5-10(8(2)3)9-6-11(4)7-9/h8-10H,5-7H2,1-4H3. The summed E-state index contributed by atoms with van der Waals surface area (Å²) in [5.41, 5.74) is 0. The van der Waals surface area contributed by atoms with Gasteiger partial charge in [0.15, 0.2) is 0 Å². The molecule has 0 radical (unpaired) electrons. The number of hydrogen-bond donors (Lipinski definition) is 0.